The molecule has 1 amide bonds. The number of rotatable bonds is 5. The fourth-order valence-corrected chi connectivity index (χ4v) is 1.46. The van der Waals surface area contributed by atoms with E-state index < -0.39 is 11.9 Å². The van der Waals surface area contributed by atoms with E-state index in [4.69, 9.17) is 10.8 Å². The van der Waals surface area contributed by atoms with Crippen LogP contribution in [-0.4, -0.2) is 28.5 Å². The number of aromatic nitrogens is 1. The van der Waals surface area contributed by atoms with Gasteiger partial charge in [0, 0.05) is 18.3 Å². The van der Waals surface area contributed by atoms with Crippen molar-refractivity contribution < 1.29 is 14.7 Å². The molecule has 0 aliphatic heterocycles. The third-order valence-electron chi connectivity index (χ3n) is 1.37. The predicted octanol–water partition coefficient (Wildman–Crippen LogP) is 0.129. The van der Waals surface area contributed by atoms with Crippen molar-refractivity contribution in [2.45, 2.75) is 6.42 Å². The Kier molecular flexibility index (Phi) is 3.41. The standard InChI is InChI=1S/C7H9N3O3S/c8-5(11)1-2-9-7-10-4(3-14-7)6(12)13/h3H,1-2H2,(H2,8,11)(H,9,10)(H,12,13). The van der Waals surface area contributed by atoms with Crippen LogP contribution in [-0.2, 0) is 4.79 Å². The third kappa shape index (κ3) is 3.02. The molecule has 7 heteroatoms. The summed E-state index contributed by atoms with van der Waals surface area (Å²) in [6.45, 7) is 0.363. The molecule has 6 nitrogen and oxygen atoms in total. The maximum Gasteiger partial charge on any atom is 0.355 e. The SMILES string of the molecule is NC(=O)CCNc1nc(C(=O)O)cs1. The van der Waals surface area contributed by atoms with Crippen molar-refractivity contribution in [2.75, 3.05) is 11.9 Å². The number of hydrogen-bond acceptors (Lipinski definition) is 5. The Morgan fingerprint density at radius 1 is 1.64 bits per heavy atom. The Labute approximate surface area is 83.8 Å². The number of carbonyl (C=O) groups excluding carboxylic acids is 1. The highest BCUT2D eigenvalue weighted by Crippen LogP contribution is 2.14. The molecule has 0 aromatic carbocycles. The molecule has 0 spiro atoms. The molecule has 1 heterocycles. The van der Waals surface area contributed by atoms with E-state index in [1.807, 2.05) is 0 Å². The molecule has 0 radical (unpaired) electrons. The maximum atomic E-state index is 10.4. The molecule has 0 bridgehead atoms. The molecule has 0 unspecified atom stereocenters. The van der Waals surface area contributed by atoms with E-state index >= 15 is 0 Å². The lowest BCUT2D eigenvalue weighted by Crippen LogP contribution is -2.15. The summed E-state index contributed by atoms with van der Waals surface area (Å²) in [5.74, 6) is -1.48. The highest BCUT2D eigenvalue weighted by atomic mass is 32.1. The Morgan fingerprint density at radius 2 is 2.36 bits per heavy atom. The summed E-state index contributed by atoms with van der Waals surface area (Å²) in [5.41, 5.74) is 4.92. The number of carbonyl (C=O) groups is 2. The maximum absolute atomic E-state index is 10.4. The fraction of sp³-hybridized carbons (Fsp3) is 0.286. The quantitative estimate of drug-likeness (QED) is 0.647. The number of nitrogens with one attached hydrogen (secondary N) is 1. The molecule has 1 aromatic rings. The van der Waals surface area contributed by atoms with E-state index in [1.54, 1.807) is 0 Å². The minimum atomic E-state index is -1.07. The van der Waals surface area contributed by atoms with Gasteiger partial charge in [0.2, 0.25) is 5.91 Å². The van der Waals surface area contributed by atoms with Crippen molar-refractivity contribution in [1.29, 1.82) is 0 Å². The van der Waals surface area contributed by atoms with E-state index in [1.165, 1.54) is 16.7 Å². The van der Waals surface area contributed by atoms with Crippen molar-refractivity contribution >= 4 is 28.3 Å². The molecule has 0 saturated heterocycles. The van der Waals surface area contributed by atoms with Gasteiger partial charge in [-0.2, -0.15) is 0 Å². The first-order valence-electron chi connectivity index (χ1n) is 3.80. The summed E-state index contributed by atoms with van der Waals surface area (Å²) in [6.07, 6.45) is 0.196. The molecule has 76 valence electrons. The zero-order chi connectivity index (χ0) is 10.6. The smallest absolute Gasteiger partial charge is 0.355 e. The first-order chi connectivity index (χ1) is 6.59. The van der Waals surface area contributed by atoms with Gasteiger partial charge in [0.15, 0.2) is 10.8 Å². The second kappa shape index (κ2) is 4.56. The lowest BCUT2D eigenvalue weighted by atomic mass is 10.4. The topological polar surface area (TPSA) is 105 Å². The second-order valence-corrected chi connectivity index (χ2v) is 3.34. The van der Waals surface area contributed by atoms with Gasteiger partial charge in [-0.1, -0.05) is 0 Å². The molecule has 14 heavy (non-hydrogen) atoms. The van der Waals surface area contributed by atoms with Crippen LogP contribution in [0.5, 0.6) is 0 Å². The van der Waals surface area contributed by atoms with Crippen molar-refractivity contribution in [2.24, 2.45) is 5.73 Å². The van der Waals surface area contributed by atoms with Gasteiger partial charge in [-0.25, -0.2) is 9.78 Å². The number of carboxylic acids is 1. The van der Waals surface area contributed by atoms with Gasteiger partial charge in [-0.15, -0.1) is 11.3 Å². The zero-order valence-electron chi connectivity index (χ0n) is 7.19. The van der Waals surface area contributed by atoms with Crippen LogP contribution < -0.4 is 11.1 Å². The molecule has 1 aromatic heterocycles. The van der Waals surface area contributed by atoms with Gasteiger partial charge >= 0.3 is 5.97 Å². The normalized spacial score (nSPS) is 9.71. The summed E-state index contributed by atoms with van der Waals surface area (Å²) >= 11 is 1.17. The van der Waals surface area contributed by atoms with Crippen LogP contribution in [0.3, 0.4) is 0 Å². The Bertz CT molecular complexity index is 350. The minimum Gasteiger partial charge on any atom is -0.476 e. The largest absolute Gasteiger partial charge is 0.476 e. The predicted molar refractivity (Wildman–Crippen MR) is 51.4 cm³/mol. The lowest BCUT2D eigenvalue weighted by molar-refractivity contribution is -0.117. The van der Waals surface area contributed by atoms with Crippen LogP contribution in [0.25, 0.3) is 0 Å². The molecule has 4 N–H and O–H groups in total. The number of thiazole rings is 1. The van der Waals surface area contributed by atoms with E-state index in [0.29, 0.717) is 11.7 Å². The highest BCUT2D eigenvalue weighted by molar-refractivity contribution is 7.13. The molecule has 0 aliphatic rings. The van der Waals surface area contributed by atoms with Crippen molar-refractivity contribution in [3.63, 3.8) is 0 Å². The fourth-order valence-electron chi connectivity index (χ4n) is 0.746. The van der Waals surface area contributed by atoms with Crippen molar-refractivity contribution in [1.82, 2.24) is 4.98 Å². The number of anilines is 1. The molecule has 0 fully saturated rings. The third-order valence-corrected chi connectivity index (χ3v) is 2.17. The summed E-state index contributed by atoms with van der Waals surface area (Å²) < 4.78 is 0. The summed E-state index contributed by atoms with van der Waals surface area (Å²) in [7, 11) is 0. The Morgan fingerprint density at radius 3 is 2.86 bits per heavy atom. The number of hydrogen-bond donors (Lipinski definition) is 3. The number of primary amides is 1. The first kappa shape index (κ1) is 10.5. The van der Waals surface area contributed by atoms with Crippen molar-refractivity contribution in [3.8, 4) is 0 Å². The summed E-state index contributed by atoms with van der Waals surface area (Å²) in [6, 6.07) is 0. The van der Waals surface area contributed by atoms with Crippen LogP contribution in [0, 0.1) is 0 Å². The number of nitrogens with zero attached hydrogens (tertiary/aromatic N) is 1. The van der Waals surface area contributed by atoms with E-state index in [-0.39, 0.29) is 12.1 Å². The first-order valence-corrected chi connectivity index (χ1v) is 4.68. The zero-order valence-corrected chi connectivity index (χ0v) is 8.00. The molecule has 0 atom stereocenters. The van der Waals surface area contributed by atoms with Crippen LogP contribution in [0.4, 0.5) is 5.13 Å². The van der Waals surface area contributed by atoms with Gasteiger partial charge in [0.1, 0.15) is 0 Å². The summed E-state index contributed by atoms with van der Waals surface area (Å²) in [4.78, 5) is 24.6. The Hall–Kier alpha value is -1.63. The van der Waals surface area contributed by atoms with Gasteiger partial charge < -0.3 is 16.2 Å². The van der Waals surface area contributed by atoms with Crippen LogP contribution >= 0.6 is 11.3 Å². The van der Waals surface area contributed by atoms with Gasteiger partial charge in [-0.3, -0.25) is 4.79 Å². The van der Waals surface area contributed by atoms with Gasteiger partial charge in [-0.05, 0) is 0 Å². The Balaban J connectivity index is 2.44. The van der Waals surface area contributed by atoms with Crippen LogP contribution in [0.1, 0.15) is 16.9 Å². The van der Waals surface area contributed by atoms with Crippen LogP contribution in [0.2, 0.25) is 0 Å². The van der Waals surface area contributed by atoms with E-state index in [0.717, 1.165) is 0 Å². The number of amides is 1. The molecular formula is C7H9N3O3S. The van der Waals surface area contributed by atoms with E-state index in [2.05, 4.69) is 10.3 Å². The summed E-state index contributed by atoms with van der Waals surface area (Å²) in [5, 5.41) is 13.2. The average molecular weight is 215 g/mol. The number of nitrogens with two attached hydrogens (primary N) is 1. The highest BCUT2D eigenvalue weighted by Gasteiger charge is 2.07. The van der Waals surface area contributed by atoms with Crippen molar-refractivity contribution in [3.05, 3.63) is 11.1 Å². The average Bonchev–Trinajstić information content (AvgIpc) is 2.52. The molecular weight excluding hydrogens is 206 g/mol. The lowest BCUT2D eigenvalue weighted by Gasteiger charge is -1.98. The monoisotopic (exact) mass is 215 g/mol. The van der Waals surface area contributed by atoms with Gasteiger partial charge in [0.05, 0.1) is 0 Å². The van der Waals surface area contributed by atoms with Gasteiger partial charge in [0.25, 0.3) is 0 Å². The van der Waals surface area contributed by atoms with E-state index in [9.17, 15) is 9.59 Å². The molecule has 0 aliphatic carbocycles. The minimum absolute atomic E-state index is 0.00317. The van der Waals surface area contributed by atoms with Crippen LogP contribution in [0.15, 0.2) is 5.38 Å². The number of carboxylic acid groups (broad SMARTS) is 1. The molecule has 0 saturated carbocycles. The molecule has 1 rings (SSSR count). The number of aromatic carboxylic acids is 1. The second-order valence-electron chi connectivity index (χ2n) is 2.49.